The Bertz CT molecular complexity index is 1530. The number of amides is 1. The predicted octanol–water partition coefficient (Wildman–Crippen LogP) is 3.31. The van der Waals surface area contributed by atoms with Crippen LogP contribution in [0.2, 0.25) is 5.02 Å². The van der Waals surface area contributed by atoms with Crippen LogP contribution in [0, 0.1) is 13.8 Å². The third kappa shape index (κ3) is 8.02. The Morgan fingerprint density at radius 1 is 0.897 bits per heavy atom. The number of aryl methyl sites for hydroxylation is 1. The topological polar surface area (TPSA) is 116 Å². The van der Waals surface area contributed by atoms with Crippen molar-refractivity contribution in [3.05, 3.63) is 88.4 Å². The number of anilines is 1. The molecule has 3 aromatic rings. The highest BCUT2D eigenvalue weighted by Crippen LogP contribution is 2.31. The molecule has 1 amide bonds. The van der Waals surface area contributed by atoms with Crippen LogP contribution in [0.3, 0.4) is 0 Å². The number of benzene rings is 3. The van der Waals surface area contributed by atoms with Crippen molar-refractivity contribution >= 4 is 43.2 Å². The molecule has 12 heteroatoms. The van der Waals surface area contributed by atoms with Gasteiger partial charge in [0, 0.05) is 24.7 Å². The van der Waals surface area contributed by atoms with Crippen LogP contribution in [0.1, 0.15) is 16.7 Å². The molecule has 0 saturated heterocycles. The molecule has 9 nitrogen and oxygen atoms in total. The number of likely N-dealkylation sites (N-methyl/N-ethyl adjacent to an activating group) is 1. The first-order valence-corrected chi connectivity index (χ1v) is 15.5. The van der Waals surface area contributed by atoms with Crippen LogP contribution < -0.4 is 14.3 Å². The van der Waals surface area contributed by atoms with E-state index in [4.69, 9.17) is 11.6 Å². The van der Waals surface area contributed by atoms with Gasteiger partial charge in [0.2, 0.25) is 15.9 Å². The number of hydrogen-bond acceptors (Lipinski definition) is 6. The lowest BCUT2D eigenvalue weighted by Gasteiger charge is -2.26. The summed E-state index contributed by atoms with van der Waals surface area (Å²) in [5, 5.41) is 3.07. The monoisotopic (exact) mass is 592 g/mol. The first-order chi connectivity index (χ1) is 18.3. The van der Waals surface area contributed by atoms with E-state index in [9.17, 15) is 21.6 Å². The van der Waals surface area contributed by atoms with Crippen molar-refractivity contribution in [3.8, 4) is 0 Å². The number of rotatable bonds is 12. The first kappa shape index (κ1) is 30.6. The molecule has 0 fully saturated rings. The summed E-state index contributed by atoms with van der Waals surface area (Å²) in [5.74, 6) is -0.567. The number of carbonyl (C=O) groups excluding carboxylic acids is 1. The standard InChI is InChI=1S/C27H33ClN4O5S2/c1-20-11-13-23(14-12-20)39(36,37)32(26-10-6-9-25(28)21(26)2)19-27(33)29-18-22-7-5-8-24(17-22)38(34,35)30-15-16-31(3)4/h5-14,17,30H,15-16,18-19H2,1-4H3,(H,29,33). The maximum atomic E-state index is 13.6. The summed E-state index contributed by atoms with van der Waals surface area (Å²) < 4.78 is 56.1. The van der Waals surface area contributed by atoms with E-state index < -0.39 is 32.5 Å². The van der Waals surface area contributed by atoms with E-state index in [1.54, 1.807) is 49.4 Å². The molecule has 0 aliphatic carbocycles. The van der Waals surface area contributed by atoms with Crippen molar-refractivity contribution < 1.29 is 21.6 Å². The summed E-state index contributed by atoms with van der Waals surface area (Å²) in [7, 11) is -4.14. The van der Waals surface area contributed by atoms with E-state index in [0.29, 0.717) is 22.7 Å². The molecule has 0 bridgehead atoms. The van der Waals surface area contributed by atoms with E-state index in [0.717, 1.165) is 9.87 Å². The summed E-state index contributed by atoms with van der Waals surface area (Å²) in [6.45, 7) is 3.84. The van der Waals surface area contributed by atoms with Crippen molar-refractivity contribution in [1.82, 2.24) is 14.9 Å². The van der Waals surface area contributed by atoms with Crippen molar-refractivity contribution in [2.75, 3.05) is 38.0 Å². The number of nitrogens with one attached hydrogen (secondary N) is 2. The van der Waals surface area contributed by atoms with Crippen molar-refractivity contribution in [1.29, 1.82) is 0 Å². The molecule has 0 unspecified atom stereocenters. The zero-order chi connectivity index (χ0) is 28.8. The number of hydrogen-bond donors (Lipinski definition) is 2. The molecule has 0 saturated carbocycles. The van der Waals surface area contributed by atoms with Crippen LogP contribution in [0.25, 0.3) is 0 Å². The normalized spacial score (nSPS) is 11.9. The molecule has 0 aromatic heterocycles. The molecule has 3 rings (SSSR count). The van der Waals surface area contributed by atoms with Gasteiger partial charge in [-0.15, -0.1) is 0 Å². The Hall–Kier alpha value is -2.96. The molecule has 3 aromatic carbocycles. The summed E-state index contributed by atoms with van der Waals surface area (Å²) >= 11 is 6.27. The molecule has 0 radical (unpaired) electrons. The van der Waals surface area contributed by atoms with E-state index in [1.165, 1.54) is 24.3 Å². The van der Waals surface area contributed by atoms with Crippen LogP contribution in [0.4, 0.5) is 5.69 Å². The zero-order valence-electron chi connectivity index (χ0n) is 22.3. The quantitative estimate of drug-likeness (QED) is 0.333. The third-order valence-electron chi connectivity index (χ3n) is 5.95. The van der Waals surface area contributed by atoms with Crippen LogP contribution in [-0.4, -0.2) is 61.4 Å². The van der Waals surface area contributed by atoms with Gasteiger partial charge in [-0.1, -0.05) is 47.5 Å². The van der Waals surface area contributed by atoms with Gasteiger partial charge in [-0.05, 0) is 75.5 Å². The van der Waals surface area contributed by atoms with Crippen LogP contribution in [0.15, 0.2) is 76.5 Å². The van der Waals surface area contributed by atoms with Crippen molar-refractivity contribution in [3.63, 3.8) is 0 Å². The predicted molar refractivity (Wildman–Crippen MR) is 154 cm³/mol. The fourth-order valence-corrected chi connectivity index (χ4v) is 6.44. The maximum absolute atomic E-state index is 13.6. The van der Waals surface area contributed by atoms with Gasteiger partial charge < -0.3 is 10.2 Å². The van der Waals surface area contributed by atoms with Crippen LogP contribution in [-0.2, 0) is 31.4 Å². The van der Waals surface area contributed by atoms with Gasteiger partial charge in [0.05, 0.1) is 15.5 Å². The Labute approximate surface area is 235 Å². The lowest BCUT2D eigenvalue weighted by atomic mass is 10.2. The van der Waals surface area contributed by atoms with Crippen LogP contribution in [0.5, 0.6) is 0 Å². The third-order valence-corrected chi connectivity index (χ3v) is 9.60. The van der Waals surface area contributed by atoms with E-state index in [-0.39, 0.29) is 28.6 Å². The van der Waals surface area contributed by atoms with Gasteiger partial charge in [-0.25, -0.2) is 21.6 Å². The van der Waals surface area contributed by atoms with E-state index >= 15 is 0 Å². The van der Waals surface area contributed by atoms with E-state index in [2.05, 4.69) is 10.0 Å². The second-order valence-electron chi connectivity index (χ2n) is 9.33. The zero-order valence-corrected chi connectivity index (χ0v) is 24.7. The minimum absolute atomic E-state index is 0.00678. The fraction of sp³-hybridized carbons (Fsp3) is 0.296. The van der Waals surface area contributed by atoms with Crippen molar-refractivity contribution in [2.24, 2.45) is 0 Å². The van der Waals surface area contributed by atoms with Gasteiger partial charge in [-0.3, -0.25) is 9.10 Å². The first-order valence-electron chi connectivity index (χ1n) is 12.2. The molecule has 0 spiro atoms. The lowest BCUT2D eigenvalue weighted by molar-refractivity contribution is -0.119. The van der Waals surface area contributed by atoms with Gasteiger partial charge in [0.15, 0.2) is 0 Å². The van der Waals surface area contributed by atoms with Gasteiger partial charge in [0.25, 0.3) is 10.0 Å². The lowest BCUT2D eigenvalue weighted by Crippen LogP contribution is -2.41. The fourth-order valence-electron chi connectivity index (χ4n) is 3.70. The average Bonchev–Trinajstić information content (AvgIpc) is 2.88. The number of carbonyl (C=O) groups is 1. The van der Waals surface area contributed by atoms with Crippen molar-refractivity contribution in [2.45, 2.75) is 30.2 Å². The number of sulfonamides is 2. The minimum Gasteiger partial charge on any atom is -0.350 e. The van der Waals surface area contributed by atoms with Gasteiger partial charge in [0.1, 0.15) is 6.54 Å². The molecule has 0 aliphatic rings. The maximum Gasteiger partial charge on any atom is 0.264 e. The highest BCUT2D eigenvalue weighted by molar-refractivity contribution is 7.92. The Morgan fingerprint density at radius 2 is 1.56 bits per heavy atom. The second kappa shape index (κ2) is 12.9. The Morgan fingerprint density at radius 3 is 2.23 bits per heavy atom. The van der Waals surface area contributed by atoms with Crippen LogP contribution >= 0.6 is 11.6 Å². The molecular weight excluding hydrogens is 560 g/mol. The molecule has 39 heavy (non-hydrogen) atoms. The Balaban J connectivity index is 1.80. The summed E-state index contributed by atoms with van der Waals surface area (Å²) in [6, 6.07) is 17.4. The summed E-state index contributed by atoms with van der Waals surface area (Å²) in [5.41, 5.74) is 2.25. The molecular formula is C27H33ClN4O5S2. The molecule has 0 aliphatic heterocycles. The largest absolute Gasteiger partial charge is 0.350 e. The van der Waals surface area contributed by atoms with Gasteiger partial charge >= 0.3 is 0 Å². The number of nitrogens with zero attached hydrogens (tertiary/aromatic N) is 2. The SMILES string of the molecule is Cc1ccc(S(=O)(=O)N(CC(=O)NCc2cccc(S(=O)(=O)NCCN(C)C)c2)c2cccc(Cl)c2C)cc1. The van der Waals surface area contributed by atoms with Gasteiger partial charge in [-0.2, -0.15) is 0 Å². The molecule has 210 valence electrons. The van der Waals surface area contributed by atoms with E-state index in [1.807, 2.05) is 25.9 Å². The second-order valence-corrected chi connectivity index (χ2v) is 13.4. The highest BCUT2D eigenvalue weighted by atomic mass is 35.5. The summed E-state index contributed by atoms with van der Waals surface area (Å²) in [4.78, 5) is 15.0. The molecule has 0 heterocycles. The summed E-state index contributed by atoms with van der Waals surface area (Å²) in [6.07, 6.45) is 0. The minimum atomic E-state index is -4.11. The average molecular weight is 593 g/mol. The highest BCUT2D eigenvalue weighted by Gasteiger charge is 2.28. The number of halogens is 1. The molecule has 2 N–H and O–H groups in total. The molecule has 0 atom stereocenters. The smallest absolute Gasteiger partial charge is 0.264 e. The Kier molecular flexibility index (Phi) is 10.1.